The van der Waals surface area contributed by atoms with E-state index in [2.05, 4.69) is 34.5 Å². The van der Waals surface area contributed by atoms with Crippen LogP contribution in [0.4, 0.5) is 5.82 Å². The smallest absolute Gasteiger partial charge is 0.254 e. The van der Waals surface area contributed by atoms with Gasteiger partial charge in [0, 0.05) is 25.0 Å². The Morgan fingerprint density at radius 1 is 1.32 bits per heavy atom. The molecular weight excluding hydrogens is 392 g/mol. The highest BCUT2D eigenvalue weighted by Crippen LogP contribution is 2.35. The van der Waals surface area contributed by atoms with Gasteiger partial charge in [-0.25, -0.2) is 4.68 Å². The number of ether oxygens (including phenoxy) is 1. The van der Waals surface area contributed by atoms with Gasteiger partial charge in [-0.2, -0.15) is 5.10 Å². The summed E-state index contributed by atoms with van der Waals surface area (Å²) in [7, 11) is 4.08. The largest absolute Gasteiger partial charge is 0.383 e. The number of amides is 1. The monoisotopic (exact) mass is 426 g/mol. The molecule has 1 aliphatic carbocycles. The molecule has 8 heteroatoms. The van der Waals surface area contributed by atoms with Gasteiger partial charge in [-0.3, -0.25) is 4.79 Å². The molecule has 1 fully saturated rings. The Morgan fingerprint density at radius 3 is 2.84 bits per heavy atom. The molecule has 1 aromatic heterocycles. The standard InChI is InChI=1S/C23H34N6O2/c1-28(2)9-10-31-19-12-18(26-13-19)14-29-22(24)20(23(25)30)21(27-29)17-8-7-15-5-3-4-6-16(15)11-17/h3-6,17-19,26H,7-14,24H2,1-2H3,(H2,25,30)/t17?,18-,19+/m0/s1. The van der Waals surface area contributed by atoms with E-state index < -0.39 is 5.91 Å². The molecule has 1 aromatic carbocycles. The molecule has 1 aliphatic heterocycles. The highest BCUT2D eigenvalue weighted by molar-refractivity contribution is 5.98. The van der Waals surface area contributed by atoms with E-state index in [1.165, 1.54) is 11.1 Å². The highest BCUT2D eigenvalue weighted by Gasteiger charge is 2.31. The summed E-state index contributed by atoms with van der Waals surface area (Å²) in [5.41, 5.74) is 15.9. The van der Waals surface area contributed by atoms with E-state index in [9.17, 15) is 4.79 Å². The molecular formula is C23H34N6O2. The molecule has 0 bridgehead atoms. The first-order valence-electron chi connectivity index (χ1n) is 11.1. The van der Waals surface area contributed by atoms with Crippen molar-refractivity contribution in [1.29, 1.82) is 0 Å². The molecule has 1 unspecified atom stereocenters. The maximum atomic E-state index is 12.3. The van der Waals surface area contributed by atoms with Crippen LogP contribution >= 0.6 is 0 Å². The van der Waals surface area contributed by atoms with Crippen molar-refractivity contribution in [2.75, 3.05) is 39.5 Å². The molecule has 2 aromatic rings. The number of fused-ring (bicyclic) bond motifs is 1. The van der Waals surface area contributed by atoms with Gasteiger partial charge in [0.2, 0.25) is 0 Å². The van der Waals surface area contributed by atoms with Crippen LogP contribution in [0.5, 0.6) is 0 Å². The minimum Gasteiger partial charge on any atom is -0.383 e. The van der Waals surface area contributed by atoms with Gasteiger partial charge in [0.25, 0.3) is 5.91 Å². The van der Waals surface area contributed by atoms with Crippen molar-refractivity contribution >= 4 is 11.7 Å². The van der Waals surface area contributed by atoms with Crippen molar-refractivity contribution in [2.45, 2.75) is 50.3 Å². The molecule has 0 saturated carbocycles. The topological polar surface area (TPSA) is 111 Å². The third-order valence-corrected chi connectivity index (χ3v) is 6.47. The first-order chi connectivity index (χ1) is 14.9. The summed E-state index contributed by atoms with van der Waals surface area (Å²) in [4.78, 5) is 14.4. The van der Waals surface area contributed by atoms with Gasteiger partial charge in [-0.05, 0) is 50.9 Å². The number of aromatic nitrogens is 2. The molecule has 3 atom stereocenters. The fourth-order valence-electron chi connectivity index (χ4n) is 4.76. The number of nitrogens with one attached hydrogen (secondary N) is 1. The maximum absolute atomic E-state index is 12.3. The summed E-state index contributed by atoms with van der Waals surface area (Å²) in [6.07, 6.45) is 3.85. The summed E-state index contributed by atoms with van der Waals surface area (Å²) in [6, 6.07) is 8.67. The minimum atomic E-state index is -0.498. The number of nitrogens with zero attached hydrogens (tertiary/aromatic N) is 3. The Labute approximate surface area is 183 Å². The molecule has 1 amide bonds. The van der Waals surface area contributed by atoms with Crippen LogP contribution in [-0.4, -0.2) is 66.5 Å². The number of benzene rings is 1. The molecule has 31 heavy (non-hydrogen) atoms. The quantitative estimate of drug-likeness (QED) is 0.584. The zero-order valence-electron chi connectivity index (χ0n) is 18.5. The second kappa shape index (κ2) is 9.38. The molecule has 4 rings (SSSR count). The average Bonchev–Trinajstić information content (AvgIpc) is 3.32. The van der Waals surface area contributed by atoms with Gasteiger partial charge in [0.05, 0.1) is 24.9 Å². The maximum Gasteiger partial charge on any atom is 0.254 e. The van der Waals surface area contributed by atoms with E-state index in [-0.39, 0.29) is 18.1 Å². The Morgan fingerprint density at radius 2 is 2.10 bits per heavy atom. The lowest BCUT2D eigenvalue weighted by molar-refractivity contribution is 0.0551. The summed E-state index contributed by atoms with van der Waals surface area (Å²) in [5.74, 6) is 0.0293. The van der Waals surface area contributed by atoms with Crippen LogP contribution in [0.3, 0.4) is 0 Å². The number of carbonyl (C=O) groups excluding carboxylic acids is 1. The SMILES string of the molecule is CN(C)CCO[C@H]1CN[C@H](Cn2nc(C3CCc4ccccc4C3)c(C(N)=O)c2N)C1. The van der Waals surface area contributed by atoms with E-state index >= 15 is 0 Å². The third-order valence-electron chi connectivity index (χ3n) is 6.47. The van der Waals surface area contributed by atoms with Crippen molar-refractivity contribution in [2.24, 2.45) is 5.73 Å². The summed E-state index contributed by atoms with van der Waals surface area (Å²) < 4.78 is 7.73. The summed E-state index contributed by atoms with van der Waals surface area (Å²) in [5, 5.41) is 8.30. The number of nitrogen functional groups attached to an aromatic ring is 1. The first-order valence-corrected chi connectivity index (χ1v) is 11.1. The second-order valence-corrected chi connectivity index (χ2v) is 9.04. The van der Waals surface area contributed by atoms with Crippen LogP contribution in [0, 0.1) is 0 Å². The van der Waals surface area contributed by atoms with Crippen molar-refractivity contribution < 1.29 is 9.53 Å². The Hall–Kier alpha value is -2.42. The Balaban J connectivity index is 1.46. The first kappa shape index (κ1) is 21.8. The number of carbonyl (C=O) groups is 1. The van der Waals surface area contributed by atoms with Crippen molar-refractivity contribution in [3.8, 4) is 0 Å². The normalized spacial score (nSPS) is 23.3. The van der Waals surface area contributed by atoms with Crippen molar-refractivity contribution in [1.82, 2.24) is 20.0 Å². The third kappa shape index (κ3) is 4.92. The van der Waals surface area contributed by atoms with E-state index in [1.807, 2.05) is 14.1 Å². The van der Waals surface area contributed by atoms with Crippen LogP contribution in [-0.2, 0) is 24.1 Å². The molecule has 2 aliphatic rings. The lowest BCUT2D eigenvalue weighted by Gasteiger charge is -2.23. The van der Waals surface area contributed by atoms with Crippen LogP contribution in [0.2, 0.25) is 0 Å². The zero-order chi connectivity index (χ0) is 22.0. The molecule has 0 spiro atoms. The van der Waals surface area contributed by atoms with Gasteiger partial charge >= 0.3 is 0 Å². The molecule has 0 radical (unpaired) electrons. The number of rotatable bonds is 8. The molecule has 8 nitrogen and oxygen atoms in total. The van der Waals surface area contributed by atoms with Gasteiger partial charge in [0.1, 0.15) is 11.4 Å². The number of primary amides is 1. The van der Waals surface area contributed by atoms with Crippen LogP contribution < -0.4 is 16.8 Å². The molecule has 2 heterocycles. The van der Waals surface area contributed by atoms with Crippen molar-refractivity contribution in [3.63, 3.8) is 0 Å². The predicted molar refractivity (Wildman–Crippen MR) is 121 cm³/mol. The fourth-order valence-corrected chi connectivity index (χ4v) is 4.76. The summed E-state index contributed by atoms with van der Waals surface area (Å²) in [6.45, 7) is 3.04. The van der Waals surface area contributed by atoms with Gasteiger partial charge in [0.15, 0.2) is 0 Å². The van der Waals surface area contributed by atoms with E-state index in [1.54, 1.807) is 4.68 Å². The van der Waals surface area contributed by atoms with Crippen LogP contribution in [0.25, 0.3) is 0 Å². The molecule has 1 saturated heterocycles. The molecule has 5 N–H and O–H groups in total. The zero-order valence-corrected chi connectivity index (χ0v) is 18.5. The lowest BCUT2D eigenvalue weighted by Crippen LogP contribution is -2.28. The number of hydrogen-bond acceptors (Lipinski definition) is 6. The Kier molecular flexibility index (Phi) is 6.60. The van der Waals surface area contributed by atoms with Crippen molar-refractivity contribution in [3.05, 3.63) is 46.6 Å². The number of anilines is 1. The summed E-state index contributed by atoms with van der Waals surface area (Å²) >= 11 is 0. The minimum absolute atomic E-state index is 0.152. The van der Waals surface area contributed by atoms with E-state index in [4.69, 9.17) is 21.3 Å². The number of nitrogens with two attached hydrogens (primary N) is 2. The predicted octanol–water partition coefficient (Wildman–Crippen LogP) is 1.15. The number of hydrogen-bond donors (Lipinski definition) is 3. The Bertz CT molecular complexity index is 925. The number of aryl methyl sites for hydroxylation is 1. The lowest BCUT2D eigenvalue weighted by atomic mass is 9.81. The second-order valence-electron chi connectivity index (χ2n) is 9.04. The van der Waals surface area contributed by atoms with E-state index in [0.717, 1.165) is 51.1 Å². The fraction of sp³-hybridized carbons (Fsp3) is 0.565. The number of likely N-dealkylation sites (N-methyl/N-ethyl adjacent to an activating group) is 1. The highest BCUT2D eigenvalue weighted by atomic mass is 16.5. The van der Waals surface area contributed by atoms with Crippen LogP contribution in [0.1, 0.15) is 45.9 Å². The van der Waals surface area contributed by atoms with Gasteiger partial charge in [-0.1, -0.05) is 24.3 Å². The average molecular weight is 427 g/mol. The van der Waals surface area contributed by atoms with Gasteiger partial charge < -0.3 is 26.4 Å². The molecule has 168 valence electrons. The van der Waals surface area contributed by atoms with Gasteiger partial charge in [-0.15, -0.1) is 0 Å². The van der Waals surface area contributed by atoms with Crippen LogP contribution in [0.15, 0.2) is 24.3 Å². The van der Waals surface area contributed by atoms with E-state index in [0.29, 0.717) is 17.9 Å².